The van der Waals surface area contributed by atoms with E-state index in [-0.39, 0.29) is 18.4 Å². The fourth-order valence-corrected chi connectivity index (χ4v) is 4.58. The molecule has 0 aliphatic carbocycles. The SMILES string of the molecule is Cc1nc(-c2ccc(C(=O)N/N=C/c3ccc(OCC(=O)Nc4ccc(Cl)c(Cl)c4)c(Br)c3)cc2)cs1. The zero-order valence-electron chi connectivity index (χ0n) is 19.3. The van der Waals surface area contributed by atoms with Gasteiger partial charge in [0.15, 0.2) is 6.61 Å². The molecule has 0 saturated carbocycles. The number of anilines is 1. The maximum absolute atomic E-state index is 12.4. The minimum absolute atomic E-state index is 0.205. The van der Waals surface area contributed by atoms with Crippen LogP contribution in [0.2, 0.25) is 10.0 Å². The van der Waals surface area contributed by atoms with Crippen LogP contribution in [-0.2, 0) is 4.79 Å². The number of aromatic nitrogens is 1. The van der Waals surface area contributed by atoms with Crippen LogP contribution in [0.25, 0.3) is 11.3 Å². The van der Waals surface area contributed by atoms with Crippen LogP contribution in [0.5, 0.6) is 5.75 Å². The van der Waals surface area contributed by atoms with Gasteiger partial charge in [-0.25, -0.2) is 10.4 Å². The quantitative estimate of drug-likeness (QED) is 0.165. The Kier molecular flexibility index (Phi) is 8.94. The van der Waals surface area contributed by atoms with Gasteiger partial charge in [0.1, 0.15) is 5.75 Å². The summed E-state index contributed by atoms with van der Waals surface area (Å²) in [6.45, 7) is 1.75. The fraction of sp³-hybridized carbons (Fsp3) is 0.0769. The number of ether oxygens (including phenoxy) is 1. The molecule has 37 heavy (non-hydrogen) atoms. The number of amides is 2. The van der Waals surface area contributed by atoms with Crippen molar-refractivity contribution in [3.05, 3.63) is 96.7 Å². The monoisotopic (exact) mass is 616 g/mol. The summed E-state index contributed by atoms with van der Waals surface area (Å²) in [7, 11) is 0. The first-order valence-electron chi connectivity index (χ1n) is 10.8. The summed E-state index contributed by atoms with van der Waals surface area (Å²) in [5, 5.41) is 10.4. The second-order valence-electron chi connectivity index (χ2n) is 7.68. The van der Waals surface area contributed by atoms with Crippen LogP contribution in [0.3, 0.4) is 0 Å². The number of rotatable bonds is 8. The Bertz CT molecular complexity index is 1480. The van der Waals surface area contributed by atoms with Crippen LogP contribution in [-0.4, -0.2) is 29.6 Å². The normalized spacial score (nSPS) is 10.9. The largest absolute Gasteiger partial charge is 0.483 e. The predicted octanol–water partition coefficient (Wildman–Crippen LogP) is 6.97. The van der Waals surface area contributed by atoms with Crippen molar-refractivity contribution in [1.29, 1.82) is 0 Å². The summed E-state index contributed by atoms with van der Waals surface area (Å²) in [6.07, 6.45) is 1.51. The van der Waals surface area contributed by atoms with E-state index in [2.05, 4.69) is 36.8 Å². The van der Waals surface area contributed by atoms with Gasteiger partial charge in [-0.3, -0.25) is 9.59 Å². The first-order chi connectivity index (χ1) is 17.8. The highest BCUT2D eigenvalue weighted by molar-refractivity contribution is 9.10. The maximum Gasteiger partial charge on any atom is 0.271 e. The summed E-state index contributed by atoms with van der Waals surface area (Å²) in [5.74, 6) is -0.210. The van der Waals surface area contributed by atoms with Crippen LogP contribution >= 0.6 is 50.5 Å². The molecule has 0 saturated heterocycles. The van der Waals surface area contributed by atoms with Crippen LogP contribution in [0.4, 0.5) is 5.69 Å². The van der Waals surface area contributed by atoms with Gasteiger partial charge >= 0.3 is 0 Å². The number of hydrogen-bond acceptors (Lipinski definition) is 6. The average Bonchev–Trinajstić information content (AvgIpc) is 3.32. The average molecular weight is 618 g/mol. The second kappa shape index (κ2) is 12.3. The lowest BCUT2D eigenvalue weighted by Gasteiger charge is -2.10. The number of carbonyl (C=O) groups excluding carboxylic acids is 2. The van der Waals surface area contributed by atoms with E-state index in [0.29, 0.717) is 37.1 Å². The molecule has 0 aliphatic rings. The van der Waals surface area contributed by atoms with E-state index in [1.165, 1.54) is 6.21 Å². The van der Waals surface area contributed by atoms with Gasteiger partial charge in [0.05, 0.1) is 31.4 Å². The Morgan fingerprint density at radius 2 is 1.86 bits per heavy atom. The molecule has 0 bridgehead atoms. The predicted molar refractivity (Wildman–Crippen MR) is 152 cm³/mol. The molecule has 11 heteroatoms. The van der Waals surface area contributed by atoms with Crippen molar-refractivity contribution in [1.82, 2.24) is 10.4 Å². The molecule has 0 radical (unpaired) electrons. The fourth-order valence-electron chi connectivity index (χ4n) is 3.15. The van der Waals surface area contributed by atoms with E-state index in [1.54, 1.807) is 59.9 Å². The van der Waals surface area contributed by atoms with Crippen LogP contribution < -0.4 is 15.5 Å². The molecule has 4 rings (SSSR count). The minimum atomic E-state index is -0.353. The molecular formula is C26H19BrCl2N4O3S. The smallest absolute Gasteiger partial charge is 0.271 e. The van der Waals surface area contributed by atoms with Crippen molar-refractivity contribution in [2.45, 2.75) is 6.92 Å². The number of carbonyl (C=O) groups is 2. The van der Waals surface area contributed by atoms with Gasteiger partial charge in [0, 0.05) is 22.2 Å². The summed E-state index contributed by atoms with van der Waals surface area (Å²) >= 11 is 16.8. The number of halogens is 3. The van der Waals surface area contributed by atoms with Gasteiger partial charge in [-0.2, -0.15) is 5.10 Å². The molecule has 3 aromatic carbocycles. The third kappa shape index (κ3) is 7.39. The number of nitrogens with one attached hydrogen (secondary N) is 2. The Hall–Kier alpha value is -3.24. The maximum atomic E-state index is 12.4. The lowest BCUT2D eigenvalue weighted by molar-refractivity contribution is -0.118. The third-order valence-electron chi connectivity index (χ3n) is 4.96. The van der Waals surface area contributed by atoms with Gasteiger partial charge < -0.3 is 10.1 Å². The lowest BCUT2D eigenvalue weighted by atomic mass is 10.1. The molecule has 0 spiro atoms. The molecule has 0 fully saturated rings. The summed E-state index contributed by atoms with van der Waals surface area (Å²) in [6, 6.07) is 17.2. The van der Waals surface area contributed by atoms with E-state index in [1.807, 2.05) is 24.4 Å². The van der Waals surface area contributed by atoms with E-state index in [4.69, 9.17) is 27.9 Å². The lowest BCUT2D eigenvalue weighted by Crippen LogP contribution is -2.20. The molecule has 0 atom stereocenters. The van der Waals surface area contributed by atoms with Crippen LogP contribution in [0.15, 0.2) is 75.6 Å². The second-order valence-corrected chi connectivity index (χ2v) is 10.4. The van der Waals surface area contributed by atoms with Gasteiger partial charge in [-0.1, -0.05) is 35.3 Å². The van der Waals surface area contributed by atoms with Crippen molar-refractivity contribution in [2.24, 2.45) is 5.10 Å². The first-order valence-corrected chi connectivity index (χ1v) is 13.2. The molecular weight excluding hydrogens is 599 g/mol. The third-order valence-corrected chi connectivity index (χ3v) is 7.09. The highest BCUT2D eigenvalue weighted by Crippen LogP contribution is 2.27. The van der Waals surface area contributed by atoms with Crippen LogP contribution in [0, 0.1) is 6.92 Å². The molecule has 0 unspecified atom stereocenters. The zero-order chi connectivity index (χ0) is 26.4. The number of hydrazone groups is 1. The number of aryl methyl sites for hydroxylation is 1. The molecule has 2 N–H and O–H groups in total. The van der Waals surface area contributed by atoms with Gasteiger partial charge in [-0.05, 0) is 76.9 Å². The van der Waals surface area contributed by atoms with E-state index >= 15 is 0 Å². The van der Waals surface area contributed by atoms with Crippen molar-refractivity contribution >= 4 is 74.2 Å². The first kappa shape index (κ1) is 26.8. The summed E-state index contributed by atoms with van der Waals surface area (Å²) < 4.78 is 6.21. The van der Waals surface area contributed by atoms with E-state index < -0.39 is 0 Å². The Morgan fingerprint density at radius 1 is 1.08 bits per heavy atom. The molecule has 188 valence electrons. The van der Waals surface area contributed by atoms with Gasteiger partial charge in [0.25, 0.3) is 11.8 Å². The molecule has 7 nitrogen and oxygen atoms in total. The number of hydrogen-bond donors (Lipinski definition) is 2. The van der Waals surface area contributed by atoms with Crippen molar-refractivity contribution in [3.63, 3.8) is 0 Å². The van der Waals surface area contributed by atoms with Crippen molar-refractivity contribution in [3.8, 4) is 17.0 Å². The molecule has 4 aromatic rings. The zero-order valence-corrected chi connectivity index (χ0v) is 23.2. The highest BCUT2D eigenvalue weighted by Gasteiger charge is 2.09. The molecule has 1 aromatic heterocycles. The summed E-state index contributed by atoms with van der Waals surface area (Å²) in [4.78, 5) is 29.0. The number of benzene rings is 3. The molecule has 1 heterocycles. The standard InChI is InChI=1S/C26H19BrCl2N4O3S/c1-15-31-23(14-37-15)17-3-5-18(6-4-17)26(35)33-30-12-16-2-9-24(20(27)10-16)36-13-25(34)32-19-7-8-21(28)22(29)11-19/h2-12,14H,13H2,1H3,(H,32,34)(H,33,35)/b30-12+. The van der Waals surface area contributed by atoms with Crippen molar-refractivity contribution < 1.29 is 14.3 Å². The number of nitrogens with zero attached hydrogens (tertiary/aromatic N) is 2. The Morgan fingerprint density at radius 3 is 2.54 bits per heavy atom. The van der Waals surface area contributed by atoms with Gasteiger partial charge in [-0.15, -0.1) is 11.3 Å². The Balaban J connectivity index is 1.28. The van der Waals surface area contributed by atoms with E-state index in [0.717, 1.165) is 16.3 Å². The van der Waals surface area contributed by atoms with Gasteiger partial charge in [0.2, 0.25) is 0 Å². The highest BCUT2D eigenvalue weighted by atomic mass is 79.9. The minimum Gasteiger partial charge on any atom is -0.483 e. The molecule has 0 aliphatic heterocycles. The number of thiazole rings is 1. The van der Waals surface area contributed by atoms with E-state index in [9.17, 15) is 9.59 Å². The van der Waals surface area contributed by atoms with Crippen LogP contribution in [0.1, 0.15) is 20.9 Å². The summed E-state index contributed by atoms with van der Waals surface area (Å²) in [5.41, 5.74) is 6.06. The topological polar surface area (TPSA) is 92.7 Å². The Labute approximate surface area is 235 Å². The van der Waals surface area contributed by atoms with Crippen molar-refractivity contribution in [2.75, 3.05) is 11.9 Å². The molecule has 2 amide bonds.